The molecule has 1 heterocycles. The normalized spacial score (nSPS) is 27.6. The van der Waals surface area contributed by atoms with Gasteiger partial charge in [0, 0.05) is 17.8 Å². The topological polar surface area (TPSA) is 115 Å². The maximum atomic E-state index is 11.4. The Morgan fingerprint density at radius 1 is 0.824 bits per heavy atom. The molecule has 1 aromatic carbocycles. The summed E-state index contributed by atoms with van der Waals surface area (Å²) in [7, 11) is 0. The smallest absolute Gasteiger partial charge is 0.169 e. The van der Waals surface area contributed by atoms with Crippen molar-refractivity contribution in [2.24, 2.45) is 17.0 Å². The summed E-state index contributed by atoms with van der Waals surface area (Å²) in [6.07, 6.45) is 18.4. The number of rotatable bonds is 24. The van der Waals surface area contributed by atoms with Crippen LogP contribution in [0.4, 0.5) is 0 Å². The predicted octanol–water partition coefficient (Wildman–Crippen LogP) is 10.6. The molecule has 3 fully saturated rings. The summed E-state index contributed by atoms with van der Waals surface area (Å²) in [5, 5.41) is 15.6. The molecule has 0 aromatic heterocycles. The molecule has 1 N–H and O–H groups in total. The molecule has 2 aliphatic carbocycles. The van der Waals surface area contributed by atoms with Crippen LogP contribution in [0.5, 0.6) is 0 Å². The standard InChI is InChI=1S/C42H71N3O6/c1-6-7-8-9-10-11-12-13-14-15-16-21-26-36(46)39(49-31(2)3)35(44-45-43)30-48-37-32(4)33(5)38-41(51-42(50-38)27-22-18-23-28-42)40(37)47-29-34-24-19-17-20-25-34/h17,19-20,24-25,31-33,35-41,46H,6-16,18,21-23,26-30H2,1-5H3/t32-,33+,35-,36+,37?,38+,39-,40?,41?/m0/s1. The Kier molecular flexibility index (Phi) is 18.5. The van der Waals surface area contributed by atoms with E-state index >= 15 is 0 Å². The molecule has 1 aromatic rings. The Bertz CT molecular complexity index is 1130. The SMILES string of the molecule is CCCCCCCCCCCCCC[C@@H](O)[C@@H](OC(C)C)[C@H](COC1C(OCc2ccccc2)C2OC3(CCCCC3)O[C@@H]2[C@H](C)[C@@H]1C)N=[N+]=[N-]. The summed E-state index contributed by atoms with van der Waals surface area (Å²) in [5.74, 6) is -0.279. The highest BCUT2D eigenvalue weighted by Crippen LogP contribution is 2.49. The zero-order chi connectivity index (χ0) is 36.5. The van der Waals surface area contributed by atoms with Gasteiger partial charge in [-0.15, -0.1) is 0 Å². The van der Waals surface area contributed by atoms with Crippen molar-refractivity contribution in [3.05, 3.63) is 46.3 Å². The molecule has 9 nitrogen and oxygen atoms in total. The fourth-order valence-corrected chi connectivity index (χ4v) is 8.51. The van der Waals surface area contributed by atoms with E-state index in [0.717, 1.165) is 44.1 Å². The van der Waals surface area contributed by atoms with Gasteiger partial charge in [-0.1, -0.05) is 140 Å². The van der Waals surface area contributed by atoms with Gasteiger partial charge in [0.2, 0.25) is 0 Å². The van der Waals surface area contributed by atoms with Crippen molar-refractivity contribution in [2.45, 2.75) is 211 Å². The van der Waals surface area contributed by atoms with Crippen LogP contribution in [0.15, 0.2) is 35.4 Å². The molecule has 1 aliphatic heterocycles. The van der Waals surface area contributed by atoms with E-state index in [0.29, 0.717) is 13.0 Å². The highest BCUT2D eigenvalue weighted by Gasteiger charge is 2.59. The maximum Gasteiger partial charge on any atom is 0.169 e. The van der Waals surface area contributed by atoms with Crippen molar-refractivity contribution in [1.82, 2.24) is 0 Å². The molecular formula is C42H71N3O6. The Balaban J connectivity index is 1.36. The monoisotopic (exact) mass is 714 g/mol. The van der Waals surface area contributed by atoms with E-state index in [2.05, 4.69) is 42.9 Å². The van der Waals surface area contributed by atoms with E-state index in [1.165, 1.54) is 70.6 Å². The lowest BCUT2D eigenvalue weighted by molar-refractivity contribution is -0.212. The van der Waals surface area contributed by atoms with Crippen molar-refractivity contribution in [2.75, 3.05) is 6.61 Å². The van der Waals surface area contributed by atoms with E-state index in [4.69, 9.17) is 23.7 Å². The molecule has 3 aliphatic rings. The summed E-state index contributed by atoms with van der Waals surface area (Å²) in [5.41, 5.74) is 10.7. The second-order valence-corrected chi connectivity index (χ2v) is 16.1. The lowest BCUT2D eigenvalue weighted by Crippen LogP contribution is -2.58. The largest absolute Gasteiger partial charge is 0.390 e. The fraction of sp³-hybridized carbons (Fsp3) is 0.857. The van der Waals surface area contributed by atoms with Gasteiger partial charge in [-0.05, 0) is 56.0 Å². The number of azide groups is 1. The number of nitrogens with zero attached hydrogens (tertiary/aromatic N) is 3. The zero-order valence-corrected chi connectivity index (χ0v) is 32.6. The lowest BCUT2D eigenvalue weighted by Gasteiger charge is -2.45. The first-order valence-corrected chi connectivity index (χ1v) is 20.8. The number of benzene rings is 1. The summed E-state index contributed by atoms with van der Waals surface area (Å²) in [6.45, 7) is 11.2. The van der Waals surface area contributed by atoms with Crippen LogP contribution in [-0.4, -0.2) is 66.3 Å². The minimum Gasteiger partial charge on any atom is -0.390 e. The van der Waals surface area contributed by atoms with Crippen molar-refractivity contribution in [3.63, 3.8) is 0 Å². The van der Waals surface area contributed by atoms with Gasteiger partial charge in [-0.3, -0.25) is 0 Å². The van der Waals surface area contributed by atoms with E-state index in [1.54, 1.807) is 0 Å². The van der Waals surface area contributed by atoms with E-state index in [1.807, 2.05) is 32.0 Å². The summed E-state index contributed by atoms with van der Waals surface area (Å²) >= 11 is 0. The van der Waals surface area contributed by atoms with Crippen LogP contribution in [0, 0.1) is 11.8 Å². The third-order valence-electron chi connectivity index (χ3n) is 11.6. The minimum absolute atomic E-state index is 0.0824. The lowest BCUT2D eigenvalue weighted by atomic mass is 9.74. The second-order valence-electron chi connectivity index (χ2n) is 16.1. The Labute approximate surface area is 309 Å². The van der Waals surface area contributed by atoms with Crippen LogP contribution in [-0.2, 0) is 30.3 Å². The van der Waals surface area contributed by atoms with Crippen molar-refractivity contribution < 1.29 is 28.8 Å². The number of unbranched alkanes of at least 4 members (excludes halogenated alkanes) is 11. The summed E-state index contributed by atoms with van der Waals surface area (Å²) < 4.78 is 33.5. The molecule has 9 heteroatoms. The van der Waals surface area contributed by atoms with Gasteiger partial charge in [0.25, 0.3) is 0 Å². The number of ether oxygens (including phenoxy) is 5. The molecule has 290 valence electrons. The summed E-state index contributed by atoms with van der Waals surface area (Å²) in [6, 6.07) is 9.50. The Hall–Kier alpha value is -1.71. The molecule has 9 atom stereocenters. The van der Waals surface area contributed by atoms with Crippen LogP contribution < -0.4 is 0 Å². The van der Waals surface area contributed by atoms with Gasteiger partial charge >= 0.3 is 0 Å². The number of aliphatic hydroxyl groups is 1. The maximum absolute atomic E-state index is 11.4. The molecule has 0 bridgehead atoms. The second kappa shape index (κ2) is 22.5. The average molecular weight is 714 g/mol. The highest BCUT2D eigenvalue weighted by molar-refractivity contribution is 5.14. The molecular weight excluding hydrogens is 642 g/mol. The van der Waals surface area contributed by atoms with Crippen molar-refractivity contribution in [1.29, 1.82) is 0 Å². The first-order valence-electron chi connectivity index (χ1n) is 20.8. The van der Waals surface area contributed by atoms with Crippen LogP contribution in [0.25, 0.3) is 10.4 Å². The molecule has 4 rings (SSSR count). The van der Waals surface area contributed by atoms with Gasteiger partial charge in [0.15, 0.2) is 5.79 Å². The minimum atomic E-state index is -0.760. The molecule has 0 radical (unpaired) electrons. The first-order chi connectivity index (χ1) is 24.8. The van der Waals surface area contributed by atoms with Crippen molar-refractivity contribution in [3.8, 4) is 0 Å². The first kappa shape index (κ1) is 42.0. The number of aliphatic hydroxyl groups excluding tert-OH is 1. The van der Waals surface area contributed by atoms with Crippen LogP contribution in [0.1, 0.15) is 156 Å². The Morgan fingerprint density at radius 2 is 1.43 bits per heavy atom. The van der Waals surface area contributed by atoms with Crippen LogP contribution >= 0.6 is 0 Å². The summed E-state index contributed by atoms with van der Waals surface area (Å²) in [4.78, 5) is 3.19. The van der Waals surface area contributed by atoms with Crippen LogP contribution in [0.3, 0.4) is 0 Å². The fourth-order valence-electron chi connectivity index (χ4n) is 8.51. The van der Waals surface area contributed by atoms with E-state index in [-0.39, 0.29) is 49.0 Å². The molecule has 51 heavy (non-hydrogen) atoms. The van der Waals surface area contributed by atoms with E-state index < -0.39 is 24.0 Å². The molecule has 2 saturated carbocycles. The number of hydrogen-bond donors (Lipinski definition) is 1. The van der Waals surface area contributed by atoms with Crippen molar-refractivity contribution >= 4 is 0 Å². The van der Waals surface area contributed by atoms with Gasteiger partial charge in [0.05, 0.1) is 49.8 Å². The third-order valence-corrected chi connectivity index (χ3v) is 11.6. The average Bonchev–Trinajstić information content (AvgIpc) is 3.49. The zero-order valence-electron chi connectivity index (χ0n) is 32.6. The molecule has 0 amide bonds. The molecule has 3 unspecified atom stereocenters. The number of hydrogen-bond acceptors (Lipinski definition) is 7. The van der Waals surface area contributed by atoms with Gasteiger partial charge in [0.1, 0.15) is 12.2 Å². The van der Waals surface area contributed by atoms with Gasteiger partial charge < -0.3 is 28.8 Å². The number of fused-ring (bicyclic) bond motifs is 1. The highest BCUT2D eigenvalue weighted by atomic mass is 16.8. The van der Waals surface area contributed by atoms with E-state index in [9.17, 15) is 10.6 Å². The van der Waals surface area contributed by atoms with Gasteiger partial charge in [-0.2, -0.15) is 0 Å². The Morgan fingerprint density at radius 3 is 2.04 bits per heavy atom. The quantitative estimate of drug-likeness (QED) is 0.0493. The van der Waals surface area contributed by atoms with Gasteiger partial charge in [-0.25, -0.2) is 0 Å². The predicted molar refractivity (Wildman–Crippen MR) is 203 cm³/mol. The van der Waals surface area contributed by atoms with Crippen LogP contribution in [0.2, 0.25) is 0 Å². The molecule has 1 spiro atoms. The third kappa shape index (κ3) is 13.0. The molecule has 1 saturated heterocycles.